The van der Waals surface area contributed by atoms with Crippen molar-refractivity contribution in [3.05, 3.63) is 84.9 Å². The molecule has 1 N–H and O–H groups in total. The number of halogens is 5. The molecule has 0 radical (unpaired) electrons. The number of nitrogens with zero attached hydrogens (tertiary/aromatic N) is 4. The first-order valence-corrected chi connectivity index (χ1v) is 13.8. The minimum absolute atomic E-state index is 0.0903. The quantitative estimate of drug-likeness (QED) is 0.183. The van der Waals surface area contributed by atoms with Crippen molar-refractivity contribution in [2.75, 3.05) is 11.2 Å². The van der Waals surface area contributed by atoms with Gasteiger partial charge in [0.2, 0.25) is 11.1 Å². The van der Waals surface area contributed by atoms with Crippen molar-refractivity contribution in [1.29, 1.82) is 0 Å². The average molecular weight is 613 g/mol. The number of rotatable bonds is 5. The minimum atomic E-state index is -0.622. The Labute approximate surface area is 239 Å². The molecule has 4 aromatic rings. The Hall–Kier alpha value is -2.40. The maximum atomic E-state index is 14.5. The fourth-order valence-corrected chi connectivity index (χ4v) is 6.15. The summed E-state index contributed by atoms with van der Waals surface area (Å²) in [7, 11) is 0. The number of carbonyl (C=O) groups is 1. The smallest absolute Gasteiger partial charge is 0.239 e. The molecule has 37 heavy (non-hydrogen) atoms. The van der Waals surface area contributed by atoms with Gasteiger partial charge < -0.3 is 5.32 Å². The molecule has 188 valence electrons. The Balaban J connectivity index is 1.65. The normalized spacial score (nSPS) is 14.0. The highest BCUT2D eigenvalue weighted by atomic mass is 35.5. The van der Waals surface area contributed by atoms with Crippen LogP contribution in [-0.2, 0) is 4.79 Å². The van der Waals surface area contributed by atoms with Gasteiger partial charge in [-0.25, -0.2) is 4.39 Å². The van der Waals surface area contributed by atoms with E-state index in [0.717, 1.165) is 16.0 Å². The van der Waals surface area contributed by atoms with Crippen LogP contribution in [0.2, 0.25) is 15.1 Å². The van der Waals surface area contributed by atoms with Crippen LogP contribution in [-0.4, -0.2) is 32.4 Å². The van der Waals surface area contributed by atoms with Crippen molar-refractivity contribution in [3.63, 3.8) is 0 Å². The second kappa shape index (κ2) is 10.8. The Morgan fingerprint density at radius 2 is 1.86 bits per heavy atom. The number of aromatic nitrogens is 3. The summed E-state index contributed by atoms with van der Waals surface area (Å²) in [6, 6.07) is 11.7. The molecule has 1 aliphatic heterocycles. The third-order valence-corrected chi connectivity index (χ3v) is 8.40. The van der Waals surface area contributed by atoms with E-state index in [1.807, 2.05) is 31.2 Å². The Bertz CT molecular complexity index is 1600. The van der Waals surface area contributed by atoms with Crippen molar-refractivity contribution in [2.24, 2.45) is 5.10 Å². The molecule has 1 amide bonds. The molecule has 0 saturated carbocycles. The fourth-order valence-electron chi connectivity index (χ4n) is 3.49. The standard InChI is InChI=1S/C24H14Cl4FN5OS2/c1-11-6-20(30-19(35)10-25)37-22(11)23-31-32-24-34(23)33-21(14-8-17(29)16(28)9-15(14)27)18(36-24)7-12-2-4-13(26)5-3-12/h2-9H,10H2,1H3,(H,30,35)/b18-7-. The molecular weight excluding hydrogens is 599 g/mol. The lowest BCUT2D eigenvalue weighted by Gasteiger charge is -2.18. The Kier molecular flexibility index (Phi) is 7.63. The highest BCUT2D eigenvalue weighted by molar-refractivity contribution is 8.04. The molecule has 6 nitrogen and oxygen atoms in total. The van der Waals surface area contributed by atoms with Crippen molar-refractivity contribution < 1.29 is 9.18 Å². The molecule has 2 aromatic carbocycles. The summed E-state index contributed by atoms with van der Waals surface area (Å²) in [6.45, 7) is 1.89. The van der Waals surface area contributed by atoms with Crippen LogP contribution in [0, 0.1) is 12.7 Å². The van der Waals surface area contributed by atoms with Gasteiger partial charge in [0.25, 0.3) is 0 Å². The van der Waals surface area contributed by atoms with Gasteiger partial charge >= 0.3 is 0 Å². The molecule has 0 saturated heterocycles. The number of amides is 1. The van der Waals surface area contributed by atoms with Crippen LogP contribution in [0.1, 0.15) is 16.7 Å². The molecule has 2 aromatic heterocycles. The van der Waals surface area contributed by atoms with Crippen molar-refractivity contribution >= 4 is 92.2 Å². The summed E-state index contributed by atoms with van der Waals surface area (Å²) in [5, 5.41) is 18.1. The third-order valence-electron chi connectivity index (χ3n) is 5.18. The fraction of sp³-hybridized carbons (Fsp3) is 0.0833. The Morgan fingerprint density at radius 1 is 1.11 bits per heavy atom. The second-order valence-corrected chi connectivity index (χ2v) is 11.4. The summed E-state index contributed by atoms with van der Waals surface area (Å²) in [6.07, 6.45) is 1.89. The van der Waals surface area contributed by atoms with Crippen LogP contribution in [0.4, 0.5) is 9.39 Å². The van der Waals surface area contributed by atoms with E-state index in [9.17, 15) is 9.18 Å². The summed E-state index contributed by atoms with van der Waals surface area (Å²) in [4.78, 5) is 13.2. The molecular formula is C24H14Cl4FN5OS2. The van der Waals surface area contributed by atoms with E-state index in [2.05, 4.69) is 15.5 Å². The lowest BCUT2D eigenvalue weighted by molar-refractivity contribution is -0.113. The number of fused-ring (bicyclic) bond motifs is 1. The zero-order valence-electron chi connectivity index (χ0n) is 18.7. The molecule has 0 atom stereocenters. The van der Waals surface area contributed by atoms with E-state index in [4.69, 9.17) is 51.5 Å². The lowest BCUT2D eigenvalue weighted by atomic mass is 10.1. The van der Waals surface area contributed by atoms with Crippen LogP contribution in [0.15, 0.2) is 57.6 Å². The summed E-state index contributed by atoms with van der Waals surface area (Å²) >= 11 is 26.7. The van der Waals surface area contributed by atoms with Crippen molar-refractivity contribution in [2.45, 2.75) is 12.1 Å². The number of allylic oxidation sites excluding steroid dienone is 1. The second-order valence-electron chi connectivity index (χ2n) is 7.78. The maximum Gasteiger partial charge on any atom is 0.239 e. The van der Waals surface area contributed by atoms with E-state index in [1.165, 1.54) is 35.2 Å². The molecule has 0 fully saturated rings. The first-order chi connectivity index (χ1) is 17.7. The maximum absolute atomic E-state index is 14.5. The molecule has 5 rings (SSSR count). The van der Waals surface area contributed by atoms with E-state index in [-0.39, 0.29) is 21.8 Å². The Morgan fingerprint density at radius 3 is 2.59 bits per heavy atom. The van der Waals surface area contributed by atoms with Gasteiger partial charge in [0.15, 0.2) is 5.82 Å². The van der Waals surface area contributed by atoms with Crippen LogP contribution in [0.3, 0.4) is 0 Å². The molecule has 0 spiro atoms. The summed E-state index contributed by atoms with van der Waals surface area (Å²) in [5.41, 5.74) is 2.50. The largest absolute Gasteiger partial charge is 0.317 e. The average Bonchev–Trinajstić information content (AvgIpc) is 3.44. The van der Waals surface area contributed by atoms with Gasteiger partial charge in [-0.15, -0.1) is 33.1 Å². The number of anilines is 1. The van der Waals surface area contributed by atoms with Gasteiger partial charge in [-0.05, 0) is 66.2 Å². The highest BCUT2D eigenvalue weighted by Gasteiger charge is 2.28. The first-order valence-electron chi connectivity index (χ1n) is 10.5. The van der Waals surface area contributed by atoms with E-state index < -0.39 is 5.82 Å². The molecule has 13 heteroatoms. The summed E-state index contributed by atoms with van der Waals surface area (Å²) in [5.74, 6) is -0.629. The predicted molar refractivity (Wildman–Crippen MR) is 151 cm³/mol. The topological polar surface area (TPSA) is 72.2 Å². The van der Waals surface area contributed by atoms with Gasteiger partial charge in [0.1, 0.15) is 17.4 Å². The van der Waals surface area contributed by atoms with Gasteiger partial charge in [-0.3, -0.25) is 4.79 Å². The number of thioether (sulfide) groups is 1. The molecule has 0 aliphatic carbocycles. The van der Waals surface area contributed by atoms with Crippen LogP contribution >= 0.6 is 69.5 Å². The number of aryl methyl sites for hydroxylation is 1. The van der Waals surface area contributed by atoms with Crippen LogP contribution in [0.5, 0.6) is 0 Å². The number of alkyl halides is 1. The number of nitrogens with one attached hydrogen (secondary N) is 1. The predicted octanol–water partition coefficient (Wildman–Crippen LogP) is 7.99. The molecule has 3 heterocycles. The summed E-state index contributed by atoms with van der Waals surface area (Å²) < 4.78 is 16.1. The van der Waals surface area contributed by atoms with E-state index in [1.54, 1.807) is 16.8 Å². The number of carbonyl (C=O) groups excluding carboxylic acids is 1. The zero-order valence-corrected chi connectivity index (χ0v) is 23.4. The number of hydrogen-bond donors (Lipinski definition) is 1. The van der Waals surface area contributed by atoms with E-state index >= 15 is 0 Å². The van der Waals surface area contributed by atoms with Crippen LogP contribution in [0.25, 0.3) is 16.8 Å². The van der Waals surface area contributed by atoms with Crippen LogP contribution < -0.4 is 5.32 Å². The SMILES string of the molecule is Cc1cc(NC(=O)CCl)sc1-c1nnc2n1N=C(c1cc(F)c(Cl)cc1Cl)/C(=C/c1ccc(Cl)cc1)S2. The van der Waals surface area contributed by atoms with Crippen molar-refractivity contribution in [3.8, 4) is 10.7 Å². The minimum Gasteiger partial charge on any atom is -0.317 e. The van der Waals surface area contributed by atoms with Crippen molar-refractivity contribution in [1.82, 2.24) is 14.9 Å². The number of benzene rings is 2. The first kappa shape index (κ1) is 26.2. The molecule has 0 unspecified atom stereocenters. The zero-order chi connectivity index (χ0) is 26.3. The lowest BCUT2D eigenvalue weighted by Crippen LogP contribution is -2.13. The van der Waals surface area contributed by atoms with Gasteiger partial charge in [-0.1, -0.05) is 46.9 Å². The monoisotopic (exact) mass is 611 g/mol. The third kappa shape index (κ3) is 5.43. The molecule has 1 aliphatic rings. The number of hydrogen-bond acceptors (Lipinski definition) is 6. The van der Waals surface area contributed by atoms with Gasteiger partial charge in [0.05, 0.1) is 19.9 Å². The van der Waals surface area contributed by atoms with Gasteiger partial charge in [-0.2, -0.15) is 9.78 Å². The highest BCUT2D eigenvalue weighted by Crippen LogP contribution is 2.41. The van der Waals surface area contributed by atoms with E-state index in [0.29, 0.717) is 37.2 Å². The number of thiophene rings is 1. The van der Waals surface area contributed by atoms with Gasteiger partial charge in [0, 0.05) is 15.5 Å². The molecule has 0 bridgehead atoms.